The van der Waals surface area contributed by atoms with E-state index in [2.05, 4.69) is 49.9 Å². The Balaban J connectivity index is 1.73. The Hall–Kier alpha value is -0.820. The standard InChI is InChI=1S/C17H23N/c1-4-18-11(3)10(2)15-16-13-8-6-5-7-12(13)9-14(16)17(15)18/h5-8,10-11,14-17H,4,9H2,1-3H3/t10-,11+,14-,15+,16?,17-/m1/s1. The Morgan fingerprint density at radius 1 is 1.22 bits per heavy atom. The SMILES string of the molecule is CCN1[C@H]2[C@H](C3c4ccccc4C[C@H]32)[C@H](C)[C@@H]1C. The average Bonchev–Trinajstić information content (AvgIpc) is 2.79. The third-order valence-corrected chi connectivity index (χ3v) is 6.22. The summed E-state index contributed by atoms with van der Waals surface area (Å²) in [5.41, 5.74) is 3.32. The van der Waals surface area contributed by atoms with Gasteiger partial charge in [0, 0.05) is 12.1 Å². The minimum absolute atomic E-state index is 0.780. The molecule has 1 unspecified atom stereocenters. The molecule has 18 heavy (non-hydrogen) atoms. The molecule has 1 heterocycles. The first kappa shape index (κ1) is 11.0. The van der Waals surface area contributed by atoms with Gasteiger partial charge in [-0.05, 0) is 54.7 Å². The number of fused-ring (bicyclic) bond motifs is 6. The van der Waals surface area contributed by atoms with Crippen molar-refractivity contribution in [2.24, 2.45) is 17.8 Å². The minimum Gasteiger partial charge on any atom is -0.297 e. The van der Waals surface area contributed by atoms with Gasteiger partial charge < -0.3 is 0 Å². The molecule has 1 aliphatic heterocycles. The molecule has 6 atom stereocenters. The molecule has 1 aromatic rings. The lowest BCUT2D eigenvalue weighted by Crippen LogP contribution is -2.52. The summed E-state index contributed by atoms with van der Waals surface area (Å²) in [6.07, 6.45) is 1.33. The van der Waals surface area contributed by atoms with Gasteiger partial charge in [0.1, 0.15) is 0 Å². The van der Waals surface area contributed by atoms with Gasteiger partial charge in [-0.2, -0.15) is 0 Å². The molecular weight excluding hydrogens is 218 g/mol. The number of hydrogen-bond donors (Lipinski definition) is 0. The fraction of sp³-hybridized carbons (Fsp3) is 0.647. The van der Waals surface area contributed by atoms with Gasteiger partial charge in [-0.25, -0.2) is 0 Å². The molecule has 1 saturated heterocycles. The fourth-order valence-corrected chi connectivity index (χ4v) is 5.33. The van der Waals surface area contributed by atoms with Gasteiger partial charge in [-0.1, -0.05) is 38.1 Å². The highest BCUT2D eigenvalue weighted by molar-refractivity contribution is 5.42. The summed E-state index contributed by atoms with van der Waals surface area (Å²) in [5, 5.41) is 0. The van der Waals surface area contributed by atoms with Crippen molar-refractivity contribution in [3.63, 3.8) is 0 Å². The summed E-state index contributed by atoms with van der Waals surface area (Å²) in [5.74, 6) is 3.58. The molecular formula is C17H23N. The number of hydrogen-bond acceptors (Lipinski definition) is 1. The highest BCUT2D eigenvalue weighted by atomic mass is 15.2. The normalized spacial score (nSPS) is 45.3. The van der Waals surface area contributed by atoms with Crippen LogP contribution in [0, 0.1) is 17.8 Å². The van der Waals surface area contributed by atoms with Crippen molar-refractivity contribution in [1.29, 1.82) is 0 Å². The lowest BCUT2D eigenvalue weighted by molar-refractivity contribution is 0.0330. The second-order valence-corrected chi connectivity index (χ2v) is 6.59. The van der Waals surface area contributed by atoms with Gasteiger partial charge in [0.2, 0.25) is 0 Å². The summed E-state index contributed by atoms with van der Waals surface area (Å²) < 4.78 is 0. The average molecular weight is 241 g/mol. The molecule has 1 nitrogen and oxygen atoms in total. The predicted octanol–water partition coefficient (Wildman–Crippen LogP) is 3.30. The maximum atomic E-state index is 2.78. The van der Waals surface area contributed by atoms with Crippen molar-refractivity contribution in [1.82, 2.24) is 4.90 Å². The summed E-state index contributed by atoms with van der Waals surface area (Å²) in [4.78, 5) is 2.78. The van der Waals surface area contributed by atoms with Crippen molar-refractivity contribution in [3.8, 4) is 0 Å². The molecule has 3 aliphatic rings. The minimum atomic E-state index is 0.780. The molecule has 0 spiro atoms. The largest absolute Gasteiger partial charge is 0.297 e. The van der Waals surface area contributed by atoms with E-state index in [9.17, 15) is 0 Å². The van der Waals surface area contributed by atoms with Gasteiger partial charge in [-0.3, -0.25) is 4.90 Å². The molecule has 2 fully saturated rings. The molecule has 96 valence electrons. The topological polar surface area (TPSA) is 3.24 Å². The summed E-state index contributed by atoms with van der Waals surface area (Å²) in [6, 6.07) is 10.8. The third kappa shape index (κ3) is 1.12. The Labute approximate surface area is 110 Å². The number of likely N-dealkylation sites (tertiary alicyclic amines) is 1. The van der Waals surface area contributed by atoms with Gasteiger partial charge in [0.05, 0.1) is 0 Å². The van der Waals surface area contributed by atoms with Crippen LogP contribution < -0.4 is 0 Å². The summed E-state index contributed by atoms with van der Waals surface area (Å²) in [7, 11) is 0. The maximum absolute atomic E-state index is 2.78. The smallest absolute Gasteiger partial charge is 0.0173 e. The molecule has 1 aromatic carbocycles. The first-order valence-electron chi connectivity index (χ1n) is 7.57. The second kappa shape index (κ2) is 3.60. The summed E-state index contributed by atoms with van der Waals surface area (Å²) >= 11 is 0. The van der Waals surface area contributed by atoms with E-state index in [1.54, 1.807) is 11.1 Å². The molecule has 0 bridgehead atoms. The van der Waals surface area contributed by atoms with Crippen molar-refractivity contribution in [3.05, 3.63) is 35.4 Å². The van der Waals surface area contributed by atoms with E-state index in [0.717, 1.165) is 35.8 Å². The van der Waals surface area contributed by atoms with Crippen LogP contribution in [0.4, 0.5) is 0 Å². The van der Waals surface area contributed by atoms with E-state index in [1.807, 2.05) is 0 Å². The molecule has 1 saturated carbocycles. The van der Waals surface area contributed by atoms with Gasteiger partial charge in [-0.15, -0.1) is 0 Å². The Kier molecular flexibility index (Phi) is 2.21. The van der Waals surface area contributed by atoms with Gasteiger partial charge >= 0.3 is 0 Å². The molecule has 2 aliphatic carbocycles. The zero-order valence-corrected chi connectivity index (χ0v) is 11.6. The third-order valence-electron chi connectivity index (χ3n) is 6.22. The van der Waals surface area contributed by atoms with Crippen LogP contribution in [0.2, 0.25) is 0 Å². The van der Waals surface area contributed by atoms with Gasteiger partial charge in [0.25, 0.3) is 0 Å². The molecule has 0 aromatic heterocycles. The van der Waals surface area contributed by atoms with E-state index < -0.39 is 0 Å². The number of nitrogens with zero attached hydrogens (tertiary/aromatic N) is 1. The second-order valence-electron chi connectivity index (χ2n) is 6.59. The fourth-order valence-electron chi connectivity index (χ4n) is 5.33. The molecule has 0 radical (unpaired) electrons. The first-order valence-corrected chi connectivity index (χ1v) is 7.57. The van der Waals surface area contributed by atoms with Crippen LogP contribution in [0.5, 0.6) is 0 Å². The van der Waals surface area contributed by atoms with Crippen molar-refractivity contribution < 1.29 is 0 Å². The van der Waals surface area contributed by atoms with Crippen molar-refractivity contribution >= 4 is 0 Å². The molecule has 0 amide bonds. The zero-order valence-electron chi connectivity index (χ0n) is 11.6. The van der Waals surface area contributed by atoms with Crippen LogP contribution in [-0.2, 0) is 6.42 Å². The van der Waals surface area contributed by atoms with E-state index in [-0.39, 0.29) is 0 Å². The zero-order chi connectivity index (χ0) is 12.4. The van der Waals surface area contributed by atoms with Crippen LogP contribution in [0.25, 0.3) is 0 Å². The highest BCUT2D eigenvalue weighted by Crippen LogP contribution is 2.63. The summed E-state index contributed by atoms with van der Waals surface area (Å²) in [6.45, 7) is 8.48. The Morgan fingerprint density at radius 3 is 2.78 bits per heavy atom. The van der Waals surface area contributed by atoms with Crippen LogP contribution in [0.3, 0.4) is 0 Å². The lowest BCUT2D eigenvalue weighted by atomic mass is 9.58. The highest BCUT2D eigenvalue weighted by Gasteiger charge is 2.62. The molecule has 0 N–H and O–H groups in total. The maximum Gasteiger partial charge on any atom is 0.0173 e. The van der Waals surface area contributed by atoms with Crippen LogP contribution >= 0.6 is 0 Å². The van der Waals surface area contributed by atoms with Crippen LogP contribution in [-0.4, -0.2) is 23.5 Å². The first-order chi connectivity index (χ1) is 8.74. The van der Waals surface area contributed by atoms with Crippen LogP contribution in [0.1, 0.15) is 37.8 Å². The lowest BCUT2D eigenvalue weighted by Gasteiger charge is -2.49. The number of rotatable bonds is 1. The van der Waals surface area contributed by atoms with E-state index in [4.69, 9.17) is 0 Å². The monoisotopic (exact) mass is 241 g/mol. The van der Waals surface area contributed by atoms with E-state index in [1.165, 1.54) is 13.0 Å². The van der Waals surface area contributed by atoms with Crippen LogP contribution in [0.15, 0.2) is 24.3 Å². The van der Waals surface area contributed by atoms with Crippen molar-refractivity contribution in [2.75, 3.05) is 6.54 Å². The Morgan fingerprint density at radius 2 is 2.00 bits per heavy atom. The van der Waals surface area contributed by atoms with Crippen molar-refractivity contribution in [2.45, 2.75) is 45.2 Å². The number of benzene rings is 1. The van der Waals surface area contributed by atoms with E-state index >= 15 is 0 Å². The Bertz CT molecular complexity index is 480. The predicted molar refractivity (Wildman–Crippen MR) is 74.7 cm³/mol. The van der Waals surface area contributed by atoms with E-state index in [0.29, 0.717) is 0 Å². The molecule has 4 rings (SSSR count). The van der Waals surface area contributed by atoms with Gasteiger partial charge in [0.15, 0.2) is 0 Å². The quantitative estimate of drug-likeness (QED) is 0.729. The molecule has 1 heteroatoms.